The molecule has 0 aliphatic carbocycles. The first-order chi connectivity index (χ1) is 9.74. The minimum absolute atomic E-state index is 0.0522. The van der Waals surface area contributed by atoms with Crippen LogP contribution in [0.25, 0.3) is 0 Å². The first kappa shape index (κ1) is 13.2. The standard InChI is InChI=1S/C16H15BrN2O/c17-11-4-1-5-12(10-11)19-16(20)14-6-2-8-15-13(14)7-3-9-18-15/h1-2,4-6,8,10,18H,3,7,9H2,(H,19,20). The van der Waals surface area contributed by atoms with Gasteiger partial charge in [-0.3, -0.25) is 4.79 Å². The van der Waals surface area contributed by atoms with Crippen molar-refractivity contribution in [2.24, 2.45) is 0 Å². The van der Waals surface area contributed by atoms with Crippen LogP contribution in [0, 0.1) is 0 Å². The highest BCUT2D eigenvalue weighted by Crippen LogP contribution is 2.26. The number of anilines is 2. The molecule has 1 aliphatic rings. The van der Waals surface area contributed by atoms with E-state index in [1.54, 1.807) is 0 Å². The molecule has 3 rings (SSSR count). The Hall–Kier alpha value is -1.81. The molecule has 1 heterocycles. The Labute approximate surface area is 126 Å². The van der Waals surface area contributed by atoms with E-state index >= 15 is 0 Å². The van der Waals surface area contributed by atoms with Crippen LogP contribution in [0.3, 0.4) is 0 Å². The monoisotopic (exact) mass is 330 g/mol. The van der Waals surface area contributed by atoms with Crippen molar-refractivity contribution in [2.45, 2.75) is 12.8 Å². The van der Waals surface area contributed by atoms with Crippen molar-refractivity contribution >= 4 is 33.2 Å². The summed E-state index contributed by atoms with van der Waals surface area (Å²) in [5.74, 6) is -0.0522. The van der Waals surface area contributed by atoms with Gasteiger partial charge in [-0.2, -0.15) is 0 Å². The van der Waals surface area contributed by atoms with Crippen molar-refractivity contribution in [3.8, 4) is 0 Å². The third-order valence-electron chi connectivity index (χ3n) is 3.42. The zero-order valence-corrected chi connectivity index (χ0v) is 12.5. The summed E-state index contributed by atoms with van der Waals surface area (Å²) in [5.41, 5.74) is 3.75. The molecular weight excluding hydrogens is 316 g/mol. The summed E-state index contributed by atoms with van der Waals surface area (Å²) < 4.78 is 0.951. The third kappa shape index (κ3) is 2.70. The number of nitrogens with one attached hydrogen (secondary N) is 2. The number of fused-ring (bicyclic) bond motifs is 1. The van der Waals surface area contributed by atoms with Crippen LogP contribution in [0.15, 0.2) is 46.9 Å². The van der Waals surface area contributed by atoms with E-state index in [0.717, 1.165) is 46.4 Å². The first-order valence-electron chi connectivity index (χ1n) is 6.67. The molecule has 0 fully saturated rings. The number of hydrogen-bond donors (Lipinski definition) is 2. The lowest BCUT2D eigenvalue weighted by Gasteiger charge is -2.20. The molecule has 2 aromatic carbocycles. The molecule has 20 heavy (non-hydrogen) atoms. The van der Waals surface area contributed by atoms with E-state index < -0.39 is 0 Å². The average Bonchev–Trinajstić information content (AvgIpc) is 2.46. The minimum atomic E-state index is -0.0522. The second kappa shape index (κ2) is 5.67. The SMILES string of the molecule is O=C(Nc1cccc(Br)c1)c1cccc2c1CCCN2. The number of amides is 1. The molecule has 0 saturated heterocycles. The van der Waals surface area contributed by atoms with Gasteiger partial charge in [-0.05, 0) is 48.7 Å². The Morgan fingerprint density at radius 1 is 1.20 bits per heavy atom. The maximum atomic E-state index is 12.4. The van der Waals surface area contributed by atoms with Crippen LogP contribution in [0.5, 0.6) is 0 Å². The van der Waals surface area contributed by atoms with Crippen LogP contribution in [-0.2, 0) is 6.42 Å². The van der Waals surface area contributed by atoms with Gasteiger partial charge in [0.25, 0.3) is 5.91 Å². The molecule has 0 saturated carbocycles. The molecule has 2 aromatic rings. The largest absolute Gasteiger partial charge is 0.385 e. The van der Waals surface area contributed by atoms with Gasteiger partial charge in [-0.25, -0.2) is 0 Å². The molecule has 102 valence electrons. The van der Waals surface area contributed by atoms with Gasteiger partial charge in [0.05, 0.1) is 0 Å². The predicted octanol–water partition coefficient (Wildman–Crippen LogP) is 4.06. The summed E-state index contributed by atoms with van der Waals surface area (Å²) >= 11 is 3.41. The van der Waals surface area contributed by atoms with Crippen LogP contribution >= 0.6 is 15.9 Å². The Morgan fingerprint density at radius 2 is 2.05 bits per heavy atom. The Bertz CT molecular complexity index is 655. The van der Waals surface area contributed by atoms with Crippen LogP contribution in [0.2, 0.25) is 0 Å². The van der Waals surface area contributed by atoms with Crippen molar-refractivity contribution in [1.29, 1.82) is 0 Å². The van der Waals surface area contributed by atoms with Crippen LogP contribution < -0.4 is 10.6 Å². The highest BCUT2D eigenvalue weighted by Gasteiger charge is 2.17. The molecule has 0 spiro atoms. The van der Waals surface area contributed by atoms with Gasteiger partial charge >= 0.3 is 0 Å². The fraction of sp³-hybridized carbons (Fsp3) is 0.188. The van der Waals surface area contributed by atoms with E-state index in [-0.39, 0.29) is 5.91 Å². The number of carbonyl (C=O) groups excluding carboxylic acids is 1. The molecule has 0 aromatic heterocycles. The summed E-state index contributed by atoms with van der Waals surface area (Å²) in [4.78, 5) is 12.4. The van der Waals surface area contributed by atoms with Gasteiger partial charge in [0.2, 0.25) is 0 Å². The Morgan fingerprint density at radius 3 is 2.90 bits per heavy atom. The molecule has 0 atom stereocenters. The van der Waals surface area contributed by atoms with E-state index in [2.05, 4.69) is 26.6 Å². The molecule has 0 bridgehead atoms. The molecular formula is C16H15BrN2O. The third-order valence-corrected chi connectivity index (χ3v) is 3.92. The summed E-state index contributed by atoms with van der Waals surface area (Å²) in [6.45, 7) is 0.976. The summed E-state index contributed by atoms with van der Waals surface area (Å²) in [6.07, 6.45) is 2.01. The Kier molecular flexibility index (Phi) is 3.74. The first-order valence-corrected chi connectivity index (χ1v) is 7.46. The van der Waals surface area contributed by atoms with E-state index in [9.17, 15) is 4.79 Å². The maximum Gasteiger partial charge on any atom is 0.256 e. The van der Waals surface area contributed by atoms with Crippen molar-refractivity contribution in [1.82, 2.24) is 0 Å². The van der Waals surface area contributed by atoms with Gasteiger partial charge in [-0.1, -0.05) is 28.1 Å². The Balaban J connectivity index is 1.88. The van der Waals surface area contributed by atoms with Crippen molar-refractivity contribution < 1.29 is 4.79 Å². The minimum Gasteiger partial charge on any atom is -0.385 e. The summed E-state index contributed by atoms with van der Waals surface area (Å²) in [7, 11) is 0. The molecule has 0 radical (unpaired) electrons. The second-order valence-electron chi connectivity index (χ2n) is 4.83. The number of benzene rings is 2. The normalized spacial score (nSPS) is 13.2. The molecule has 4 heteroatoms. The molecule has 0 unspecified atom stereocenters. The van der Waals surface area contributed by atoms with Gasteiger partial charge in [-0.15, -0.1) is 0 Å². The molecule has 2 N–H and O–H groups in total. The molecule has 1 aliphatic heterocycles. The van der Waals surface area contributed by atoms with Gasteiger partial charge in [0.1, 0.15) is 0 Å². The van der Waals surface area contributed by atoms with Gasteiger partial charge in [0.15, 0.2) is 0 Å². The van der Waals surface area contributed by atoms with Crippen LogP contribution in [0.4, 0.5) is 11.4 Å². The number of rotatable bonds is 2. The van der Waals surface area contributed by atoms with E-state index in [4.69, 9.17) is 0 Å². The smallest absolute Gasteiger partial charge is 0.256 e. The van der Waals surface area contributed by atoms with Crippen LogP contribution in [-0.4, -0.2) is 12.5 Å². The summed E-state index contributed by atoms with van der Waals surface area (Å²) in [5, 5.41) is 6.30. The number of carbonyl (C=O) groups is 1. The fourth-order valence-corrected chi connectivity index (χ4v) is 2.89. The quantitative estimate of drug-likeness (QED) is 0.871. The van der Waals surface area contributed by atoms with Gasteiger partial charge in [0, 0.05) is 28.0 Å². The van der Waals surface area contributed by atoms with Gasteiger partial charge < -0.3 is 10.6 Å². The predicted molar refractivity (Wildman–Crippen MR) is 85.3 cm³/mol. The highest BCUT2D eigenvalue weighted by molar-refractivity contribution is 9.10. The van der Waals surface area contributed by atoms with E-state index in [1.165, 1.54) is 0 Å². The summed E-state index contributed by atoms with van der Waals surface area (Å²) in [6, 6.07) is 13.5. The lowest BCUT2D eigenvalue weighted by atomic mass is 9.97. The zero-order valence-electron chi connectivity index (χ0n) is 10.9. The number of hydrogen-bond acceptors (Lipinski definition) is 2. The lowest BCUT2D eigenvalue weighted by molar-refractivity contribution is 0.102. The highest BCUT2D eigenvalue weighted by atomic mass is 79.9. The van der Waals surface area contributed by atoms with Crippen molar-refractivity contribution in [3.05, 3.63) is 58.1 Å². The van der Waals surface area contributed by atoms with Crippen molar-refractivity contribution in [3.63, 3.8) is 0 Å². The fourth-order valence-electron chi connectivity index (χ4n) is 2.49. The van der Waals surface area contributed by atoms with E-state index in [0.29, 0.717) is 0 Å². The maximum absolute atomic E-state index is 12.4. The molecule has 3 nitrogen and oxygen atoms in total. The van der Waals surface area contributed by atoms with Crippen LogP contribution in [0.1, 0.15) is 22.3 Å². The average molecular weight is 331 g/mol. The molecule has 1 amide bonds. The van der Waals surface area contributed by atoms with Crippen molar-refractivity contribution in [2.75, 3.05) is 17.2 Å². The topological polar surface area (TPSA) is 41.1 Å². The zero-order chi connectivity index (χ0) is 13.9. The second-order valence-corrected chi connectivity index (χ2v) is 5.74. The lowest BCUT2D eigenvalue weighted by Crippen LogP contribution is -2.19. The number of halogens is 1. The van der Waals surface area contributed by atoms with E-state index in [1.807, 2.05) is 42.5 Å².